The number of primary amides is 1. The molecule has 144 valence electrons. The highest BCUT2D eigenvalue weighted by Crippen LogP contribution is 2.27. The summed E-state index contributed by atoms with van der Waals surface area (Å²) in [6, 6.07) is 7.73. The van der Waals surface area contributed by atoms with Crippen molar-refractivity contribution >= 4 is 5.91 Å². The van der Waals surface area contributed by atoms with Crippen molar-refractivity contribution in [3.8, 4) is 0 Å². The van der Waals surface area contributed by atoms with Gasteiger partial charge < -0.3 is 11.1 Å². The Bertz CT molecular complexity index is 703. The van der Waals surface area contributed by atoms with Gasteiger partial charge in [-0.05, 0) is 93.0 Å². The van der Waals surface area contributed by atoms with Gasteiger partial charge in [0.25, 0.3) is 0 Å². The molecule has 0 radical (unpaired) electrons. The van der Waals surface area contributed by atoms with Gasteiger partial charge in [0.15, 0.2) is 0 Å². The van der Waals surface area contributed by atoms with Gasteiger partial charge in [-0.25, -0.2) is 0 Å². The SMILES string of the molecule is NC(=O)C(CCc1ccncc1)(NCCC1CCNCC1)c1ccncc1. The van der Waals surface area contributed by atoms with Crippen LogP contribution in [0.15, 0.2) is 49.1 Å². The molecule has 0 bridgehead atoms. The Hall–Kier alpha value is -2.31. The van der Waals surface area contributed by atoms with E-state index in [4.69, 9.17) is 5.73 Å². The summed E-state index contributed by atoms with van der Waals surface area (Å²) in [4.78, 5) is 20.8. The van der Waals surface area contributed by atoms with Crippen molar-refractivity contribution < 1.29 is 4.79 Å². The second kappa shape index (κ2) is 9.58. The topological polar surface area (TPSA) is 92.9 Å². The molecule has 6 nitrogen and oxygen atoms in total. The number of nitrogens with zero attached hydrogens (tertiary/aromatic N) is 2. The minimum absolute atomic E-state index is 0.340. The van der Waals surface area contributed by atoms with E-state index in [2.05, 4.69) is 20.6 Å². The lowest BCUT2D eigenvalue weighted by atomic mass is 9.83. The number of hydrogen-bond donors (Lipinski definition) is 3. The number of nitrogens with two attached hydrogens (primary N) is 1. The van der Waals surface area contributed by atoms with Gasteiger partial charge in [0.2, 0.25) is 5.91 Å². The summed E-state index contributed by atoms with van der Waals surface area (Å²) in [7, 11) is 0. The normalized spacial score (nSPS) is 17.3. The summed E-state index contributed by atoms with van der Waals surface area (Å²) < 4.78 is 0. The van der Waals surface area contributed by atoms with Gasteiger partial charge >= 0.3 is 0 Å². The van der Waals surface area contributed by atoms with Gasteiger partial charge in [-0.15, -0.1) is 0 Å². The maximum atomic E-state index is 12.6. The summed E-state index contributed by atoms with van der Waals surface area (Å²) >= 11 is 0. The van der Waals surface area contributed by atoms with Crippen LogP contribution in [0.25, 0.3) is 0 Å². The molecule has 2 aromatic heterocycles. The fourth-order valence-corrected chi connectivity index (χ4v) is 3.87. The number of nitrogens with one attached hydrogen (secondary N) is 2. The highest BCUT2D eigenvalue weighted by atomic mass is 16.1. The lowest BCUT2D eigenvalue weighted by molar-refractivity contribution is -0.125. The molecular formula is C21H29N5O. The molecule has 0 saturated carbocycles. The predicted molar refractivity (Wildman–Crippen MR) is 106 cm³/mol. The second-order valence-electron chi connectivity index (χ2n) is 7.27. The number of amides is 1. The van der Waals surface area contributed by atoms with Crippen LogP contribution in [-0.2, 0) is 16.8 Å². The molecule has 1 aliphatic rings. The molecule has 27 heavy (non-hydrogen) atoms. The number of carbonyl (C=O) groups is 1. The molecule has 0 aliphatic carbocycles. The van der Waals surface area contributed by atoms with Gasteiger partial charge in [-0.1, -0.05) is 0 Å². The van der Waals surface area contributed by atoms with E-state index in [0.717, 1.165) is 43.6 Å². The van der Waals surface area contributed by atoms with Crippen molar-refractivity contribution in [2.24, 2.45) is 11.7 Å². The molecular weight excluding hydrogens is 338 g/mol. The molecule has 1 fully saturated rings. The van der Waals surface area contributed by atoms with Gasteiger partial charge in [0.05, 0.1) is 0 Å². The second-order valence-corrected chi connectivity index (χ2v) is 7.27. The molecule has 1 atom stereocenters. The number of aryl methyl sites for hydroxylation is 1. The summed E-state index contributed by atoms with van der Waals surface area (Å²) in [5.74, 6) is 0.357. The van der Waals surface area contributed by atoms with Crippen LogP contribution in [0.5, 0.6) is 0 Å². The fourth-order valence-electron chi connectivity index (χ4n) is 3.87. The zero-order chi connectivity index (χ0) is 19.0. The molecule has 3 rings (SSSR count). The largest absolute Gasteiger partial charge is 0.368 e. The van der Waals surface area contributed by atoms with E-state index >= 15 is 0 Å². The van der Waals surface area contributed by atoms with Gasteiger partial charge in [-0.3, -0.25) is 20.1 Å². The number of rotatable bonds is 9. The average Bonchev–Trinajstić information content (AvgIpc) is 2.72. The average molecular weight is 367 g/mol. The molecule has 1 aliphatic heterocycles. The molecule has 2 aromatic rings. The number of carbonyl (C=O) groups excluding carboxylic acids is 1. The molecule has 1 amide bonds. The third-order valence-electron chi connectivity index (χ3n) is 5.57. The zero-order valence-corrected chi connectivity index (χ0v) is 15.7. The third kappa shape index (κ3) is 5.11. The molecule has 1 unspecified atom stereocenters. The summed E-state index contributed by atoms with van der Waals surface area (Å²) in [6.45, 7) is 2.93. The lowest BCUT2D eigenvalue weighted by Gasteiger charge is -2.33. The van der Waals surface area contributed by atoms with Crippen molar-refractivity contribution in [2.75, 3.05) is 19.6 Å². The maximum Gasteiger partial charge on any atom is 0.242 e. The van der Waals surface area contributed by atoms with Crippen molar-refractivity contribution in [3.63, 3.8) is 0 Å². The number of pyridine rings is 2. The molecule has 3 heterocycles. The summed E-state index contributed by atoms with van der Waals surface area (Å²) in [6.07, 6.45) is 11.8. The van der Waals surface area contributed by atoms with E-state index in [0.29, 0.717) is 12.3 Å². The summed E-state index contributed by atoms with van der Waals surface area (Å²) in [5.41, 5.74) is 7.08. The van der Waals surface area contributed by atoms with E-state index < -0.39 is 5.54 Å². The Labute approximate surface area is 161 Å². The maximum absolute atomic E-state index is 12.6. The predicted octanol–water partition coefficient (Wildman–Crippen LogP) is 1.77. The Balaban J connectivity index is 1.74. The van der Waals surface area contributed by atoms with Crippen molar-refractivity contribution in [1.82, 2.24) is 20.6 Å². The number of piperidine rings is 1. The van der Waals surface area contributed by atoms with Crippen LogP contribution in [0.2, 0.25) is 0 Å². The molecule has 6 heteroatoms. The van der Waals surface area contributed by atoms with E-state index in [1.54, 1.807) is 24.8 Å². The zero-order valence-electron chi connectivity index (χ0n) is 15.7. The van der Waals surface area contributed by atoms with Crippen molar-refractivity contribution in [1.29, 1.82) is 0 Å². The minimum atomic E-state index is -0.890. The van der Waals surface area contributed by atoms with E-state index in [1.807, 2.05) is 24.3 Å². The summed E-state index contributed by atoms with van der Waals surface area (Å²) in [5, 5.41) is 6.93. The molecule has 0 aromatic carbocycles. The van der Waals surface area contributed by atoms with Crippen LogP contribution in [0.4, 0.5) is 0 Å². The van der Waals surface area contributed by atoms with Gasteiger partial charge in [0.1, 0.15) is 5.54 Å². The monoisotopic (exact) mass is 367 g/mol. The van der Waals surface area contributed by atoms with Crippen LogP contribution >= 0.6 is 0 Å². The Kier molecular flexibility index (Phi) is 6.90. The van der Waals surface area contributed by atoms with Crippen LogP contribution in [0.1, 0.15) is 36.8 Å². The smallest absolute Gasteiger partial charge is 0.242 e. The first-order valence-electron chi connectivity index (χ1n) is 9.76. The number of aromatic nitrogens is 2. The van der Waals surface area contributed by atoms with Crippen LogP contribution < -0.4 is 16.4 Å². The fraction of sp³-hybridized carbons (Fsp3) is 0.476. The Morgan fingerprint density at radius 3 is 2.37 bits per heavy atom. The highest BCUT2D eigenvalue weighted by molar-refractivity contribution is 5.86. The first-order valence-corrected chi connectivity index (χ1v) is 9.76. The van der Waals surface area contributed by atoms with E-state index in [9.17, 15) is 4.79 Å². The van der Waals surface area contributed by atoms with Crippen LogP contribution in [0, 0.1) is 5.92 Å². The van der Waals surface area contributed by atoms with Crippen molar-refractivity contribution in [2.45, 2.75) is 37.6 Å². The molecule has 4 N–H and O–H groups in total. The highest BCUT2D eigenvalue weighted by Gasteiger charge is 2.37. The number of hydrogen-bond acceptors (Lipinski definition) is 5. The first kappa shape index (κ1) is 19.5. The van der Waals surface area contributed by atoms with Crippen LogP contribution in [0.3, 0.4) is 0 Å². The van der Waals surface area contributed by atoms with Gasteiger partial charge in [-0.2, -0.15) is 0 Å². The first-order chi connectivity index (χ1) is 13.2. The van der Waals surface area contributed by atoms with Gasteiger partial charge in [0, 0.05) is 24.8 Å². The standard InChI is InChI=1S/C21H29N5O/c22-20(27)21(19-7-14-25-15-8-19,9-1-17-2-10-23-11-3-17)26-16-6-18-4-12-24-13-5-18/h2-3,7-8,10-11,14-15,18,24,26H,1,4-6,9,12-13,16H2,(H2,22,27). The van der Waals surface area contributed by atoms with Crippen molar-refractivity contribution in [3.05, 3.63) is 60.2 Å². The minimum Gasteiger partial charge on any atom is -0.368 e. The van der Waals surface area contributed by atoms with E-state index in [1.165, 1.54) is 12.8 Å². The van der Waals surface area contributed by atoms with E-state index in [-0.39, 0.29) is 5.91 Å². The van der Waals surface area contributed by atoms with Crippen LogP contribution in [-0.4, -0.2) is 35.5 Å². The third-order valence-corrected chi connectivity index (χ3v) is 5.57. The molecule has 0 spiro atoms. The Morgan fingerprint density at radius 2 is 1.74 bits per heavy atom. The molecule has 1 saturated heterocycles. The quantitative estimate of drug-likeness (QED) is 0.628. The lowest BCUT2D eigenvalue weighted by Crippen LogP contribution is -2.53. The Morgan fingerprint density at radius 1 is 1.11 bits per heavy atom.